The largest absolute Gasteiger partial charge is 0.416 e. The number of hydrogen-bond donors (Lipinski definition) is 1. The van der Waals surface area contributed by atoms with Crippen LogP contribution < -0.4 is 10.9 Å². The van der Waals surface area contributed by atoms with Crippen molar-refractivity contribution in [2.45, 2.75) is 38.9 Å². The van der Waals surface area contributed by atoms with Crippen molar-refractivity contribution in [3.05, 3.63) is 80.1 Å². The van der Waals surface area contributed by atoms with Crippen LogP contribution in [0.4, 0.5) is 18.9 Å². The van der Waals surface area contributed by atoms with Crippen molar-refractivity contribution in [3.63, 3.8) is 0 Å². The van der Waals surface area contributed by atoms with E-state index in [2.05, 4.69) is 26.2 Å². The van der Waals surface area contributed by atoms with E-state index in [9.17, 15) is 22.8 Å². The molecule has 1 atom stereocenters. The number of anilines is 1. The maximum atomic E-state index is 13.7. The van der Waals surface area contributed by atoms with Crippen LogP contribution in [0.25, 0.3) is 21.3 Å². The fraction of sp³-hybridized carbons (Fsp3) is 0.240. The van der Waals surface area contributed by atoms with Gasteiger partial charge in [-0.25, -0.2) is 4.98 Å². The first-order valence-corrected chi connectivity index (χ1v) is 12.5. The third-order valence-electron chi connectivity index (χ3n) is 5.65. The number of aromatic nitrogens is 2. The molecule has 0 aliphatic rings. The highest BCUT2D eigenvalue weighted by atomic mass is 79.9. The van der Waals surface area contributed by atoms with Crippen LogP contribution in [0.1, 0.15) is 36.8 Å². The Labute approximate surface area is 211 Å². The topological polar surface area (TPSA) is 64.0 Å². The molecule has 1 N–H and O–H groups in total. The van der Waals surface area contributed by atoms with Crippen molar-refractivity contribution in [2.24, 2.45) is 0 Å². The van der Waals surface area contributed by atoms with Crippen molar-refractivity contribution < 1.29 is 18.0 Å². The van der Waals surface area contributed by atoms with Gasteiger partial charge >= 0.3 is 6.18 Å². The minimum absolute atomic E-state index is 0.00437. The number of halogens is 4. The lowest BCUT2D eigenvalue weighted by Gasteiger charge is -2.18. The maximum Gasteiger partial charge on any atom is 0.416 e. The molecular weight excluding hydrogens is 543 g/mol. The number of carbonyl (C=O) groups excluding carboxylic acids is 1. The zero-order chi connectivity index (χ0) is 25.3. The summed E-state index contributed by atoms with van der Waals surface area (Å²) < 4.78 is 41.4. The predicted octanol–water partition coefficient (Wildman–Crippen LogP) is 7.06. The second-order valence-electron chi connectivity index (χ2n) is 7.89. The number of aryl methyl sites for hydroxylation is 1. The Morgan fingerprint density at radius 3 is 2.51 bits per heavy atom. The van der Waals surface area contributed by atoms with E-state index in [4.69, 9.17) is 0 Å². The minimum Gasteiger partial charge on any atom is -0.324 e. The van der Waals surface area contributed by atoms with Crippen LogP contribution in [0.5, 0.6) is 0 Å². The van der Waals surface area contributed by atoms with Gasteiger partial charge in [-0.1, -0.05) is 48.0 Å². The summed E-state index contributed by atoms with van der Waals surface area (Å²) in [5, 5.41) is 2.95. The number of benzene rings is 2. The molecule has 2 aromatic heterocycles. The summed E-state index contributed by atoms with van der Waals surface area (Å²) in [5.74, 6) is -0.591. The average Bonchev–Trinajstić information content (AvgIpc) is 3.20. The number of nitrogens with zero attached hydrogens (tertiary/aromatic N) is 2. The van der Waals surface area contributed by atoms with Gasteiger partial charge in [0.25, 0.3) is 5.56 Å². The van der Waals surface area contributed by atoms with Crippen LogP contribution in [-0.4, -0.2) is 15.5 Å². The zero-order valence-electron chi connectivity index (χ0n) is 18.8. The molecule has 2 heterocycles. The van der Waals surface area contributed by atoms with Crippen LogP contribution >= 0.6 is 27.3 Å². The summed E-state index contributed by atoms with van der Waals surface area (Å²) in [5.41, 5.74) is 0.433. The average molecular weight is 564 g/mol. The Hall–Kier alpha value is -2.98. The third-order valence-corrected chi connectivity index (χ3v) is 7.42. The molecule has 182 valence electrons. The smallest absolute Gasteiger partial charge is 0.324 e. The molecule has 1 unspecified atom stereocenters. The number of nitrogens with one attached hydrogen (secondary N) is 1. The van der Waals surface area contributed by atoms with Crippen molar-refractivity contribution in [3.8, 4) is 11.1 Å². The minimum atomic E-state index is -4.53. The highest BCUT2D eigenvalue weighted by Gasteiger charge is 2.31. The standard InChI is InChI=1S/C25H21BrF3N3O2S/c1-3-18(22(33)31-17-7-5-6-15(12-17)25(27,28)29)32-13-30-23-21(24(32)34)20(19(4-2)35-23)14-8-10-16(26)11-9-14/h5-13,18H,3-4H2,1-2H3,(H,31,33). The first-order chi connectivity index (χ1) is 16.6. The summed E-state index contributed by atoms with van der Waals surface area (Å²) in [6, 6.07) is 11.1. The molecule has 0 bridgehead atoms. The Balaban J connectivity index is 1.76. The van der Waals surface area contributed by atoms with Gasteiger partial charge < -0.3 is 5.32 Å². The lowest BCUT2D eigenvalue weighted by atomic mass is 10.0. The number of fused-ring (bicyclic) bond motifs is 1. The molecule has 4 rings (SSSR count). The number of carbonyl (C=O) groups is 1. The number of alkyl halides is 3. The maximum absolute atomic E-state index is 13.7. The summed E-state index contributed by atoms with van der Waals surface area (Å²) in [7, 11) is 0. The molecule has 0 aliphatic carbocycles. The number of thiophene rings is 1. The molecule has 4 aromatic rings. The quantitative estimate of drug-likeness (QED) is 0.273. The SMILES string of the molecule is CCc1sc2ncn(C(CC)C(=O)Nc3cccc(C(F)(F)F)c3)c(=O)c2c1-c1ccc(Br)cc1. The molecule has 35 heavy (non-hydrogen) atoms. The Bertz CT molecular complexity index is 1450. The molecule has 1 amide bonds. The normalized spacial score (nSPS) is 12.6. The van der Waals surface area contributed by atoms with Crippen LogP contribution in [0.3, 0.4) is 0 Å². The van der Waals surface area contributed by atoms with Gasteiger partial charge in [0.05, 0.1) is 17.3 Å². The van der Waals surface area contributed by atoms with Gasteiger partial charge in [-0.15, -0.1) is 11.3 Å². The molecule has 2 aromatic carbocycles. The van der Waals surface area contributed by atoms with E-state index in [-0.39, 0.29) is 17.7 Å². The van der Waals surface area contributed by atoms with Gasteiger partial charge in [0.1, 0.15) is 10.9 Å². The van der Waals surface area contributed by atoms with Crippen LogP contribution in [0.15, 0.2) is 64.1 Å². The molecule has 0 saturated carbocycles. The number of amides is 1. The fourth-order valence-corrected chi connectivity index (χ4v) is 5.31. The molecule has 0 saturated heterocycles. The zero-order valence-corrected chi connectivity index (χ0v) is 21.2. The van der Waals surface area contributed by atoms with Gasteiger partial charge in [-0.3, -0.25) is 14.2 Å². The monoisotopic (exact) mass is 563 g/mol. The molecule has 10 heteroatoms. The predicted molar refractivity (Wildman–Crippen MR) is 136 cm³/mol. The van der Waals surface area contributed by atoms with Gasteiger partial charge in [-0.2, -0.15) is 13.2 Å². The van der Waals surface area contributed by atoms with Crippen molar-refractivity contribution in [2.75, 3.05) is 5.32 Å². The molecule has 5 nitrogen and oxygen atoms in total. The van der Waals surface area contributed by atoms with E-state index in [1.807, 2.05) is 31.2 Å². The third kappa shape index (κ3) is 5.04. The van der Waals surface area contributed by atoms with Crippen molar-refractivity contribution in [1.29, 1.82) is 0 Å². The molecule has 0 fully saturated rings. The van der Waals surface area contributed by atoms with E-state index < -0.39 is 23.7 Å². The first-order valence-electron chi connectivity index (χ1n) is 10.9. The van der Waals surface area contributed by atoms with Crippen molar-refractivity contribution in [1.82, 2.24) is 9.55 Å². The van der Waals surface area contributed by atoms with Gasteiger partial charge in [0, 0.05) is 20.6 Å². The first kappa shape index (κ1) is 25.1. The summed E-state index contributed by atoms with van der Waals surface area (Å²) in [4.78, 5) is 32.8. The van der Waals surface area contributed by atoms with E-state index >= 15 is 0 Å². The molecule has 0 aliphatic heterocycles. The Kier molecular flexibility index (Phi) is 7.14. The lowest BCUT2D eigenvalue weighted by molar-refractivity contribution is -0.137. The van der Waals surface area contributed by atoms with Crippen LogP contribution in [0, 0.1) is 0 Å². The highest BCUT2D eigenvalue weighted by Crippen LogP contribution is 2.37. The number of hydrogen-bond acceptors (Lipinski definition) is 4. The summed E-state index contributed by atoms with van der Waals surface area (Å²) >= 11 is 4.86. The van der Waals surface area contributed by atoms with Gasteiger partial charge in [0.15, 0.2) is 0 Å². The van der Waals surface area contributed by atoms with E-state index in [0.29, 0.717) is 16.6 Å². The van der Waals surface area contributed by atoms with Gasteiger partial charge in [0.2, 0.25) is 5.91 Å². The highest BCUT2D eigenvalue weighted by molar-refractivity contribution is 9.10. The number of rotatable bonds is 6. The lowest BCUT2D eigenvalue weighted by Crippen LogP contribution is -2.33. The summed E-state index contributed by atoms with van der Waals surface area (Å²) in [6.45, 7) is 3.73. The molecular formula is C25H21BrF3N3O2S. The van der Waals surface area contributed by atoms with Crippen molar-refractivity contribution >= 4 is 49.1 Å². The fourth-order valence-electron chi connectivity index (χ4n) is 3.95. The van der Waals surface area contributed by atoms with E-state index in [1.54, 1.807) is 6.92 Å². The Morgan fingerprint density at radius 2 is 1.89 bits per heavy atom. The summed E-state index contributed by atoms with van der Waals surface area (Å²) in [6.07, 6.45) is -2.24. The van der Waals surface area contributed by atoms with E-state index in [1.165, 1.54) is 34.4 Å². The van der Waals surface area contributed by atoms with E-state index in [0.717, 1.165) is 32.6 Å². The molecule has 0 radical (unpaired) electrons. The van der Waals surface area contributed by atoms with Crippen LogP contribution in [-0.2, 0) is 17.4 Å². The van der Waals surface area contributed by atoms with Gasteiger partial charge in [-0.05, 0) is 48.7 Å². The van der Waals surface area contributed by atoms with Crippen LogP contribution in [0.2, 0.25) is 0 Å². The molecule has 0 spiro atoms. The second-order valence-corrected chi connectivity index (χ2v) is 9.89. The second kappa shape index (κ2) is 9.94. The Morgan fingerprint density at radius 1 is 1.17 bits per heavy atom.